The Morgan fingerprint density at radius 3 is 2.20 bits per heavy atom. The molecule has 0 fully saturated rings. The minimum Gasteiger partial charge on any atom is -0.384 e. The van der Waals surface area contributed by atoms with Crippen LogP contribution in [-0.4, -0.2) is 4.98 Å². The highest BCUT2D eigenvalue weighted by Gasteiger charge is 2.03. The molecule has 76 valence electrons. The van der Waals surface area contributed by atoms with Gasteiger partial charge in [0, 0.05) is 5.56 Å². The standard InChI is InChI=1S/C12H13N3/c1-8-2-4-9(5-3-8)10-6-7-11(13)15-12(10)14/h2-7H,1H3,(H4,13,14,15). The maximum atomic E-state index is 5.80. The summed E-state index contributed by atoms with van der Waals surface area (Å²) in [6.07, 6.45) is 0. The van der Waals surface area contributed by atoms with Gasteiger partial charge >= 0.3 is 0 Å². The number of hydrogen-bond donors (Lipinski definition) is 2. The molecule has 4 N–H and O–H groups in total. The summed E-state index contributed by atoms with van der Waals surface area (Å²) in [7, 11) is 0. The molecular weight excluding hydrogens is 186 g/mol. The zero-order valence-corrected chi connectivity index (χ0v) is 8.57. The molecule has 0 aliphatic carbocycles. The third kappa shape index (κ3) is 1.91. The first-order valence-corrected chi connectivity index (χ1v) is 4.76. The number of nitrogens with zero attached hydrogens (tertiary/aromatic N) is 1. The molecule has 0 spiro atoms. The van der Waals surface area contributed by atoms with E-state index in [-0.39, 0.29) is 0 Å². The van der Waals surface area contributed by atoms with Crippen LogP contribution in [0.5, 0.6) is 0 Å². The van der Waals surface area contributed by atoms with Crippen molar-refractivity contribution >= 4 is 11.6 Å². The fourth-order valence-corrected chi connectivity index (χ4v) is 1.47. The predicted octanol–water partition coefficient (Wildman–Crippen LogP) is 2.22. The quantitative estimate of drug-likeness (QED) is 0.740. The van der Waals surface area contributed by atoms with E-state index in [1.165, 1.54) is 5.56 Å². The molecule has 15 heavy (non-hydrogen) atoms. The van der Waals surface area contributed by atoms with Gasteiger partial charge in [0.05, 0.1) is 0 Å². The minimum absolute atomic E-state index is 0.448. The number of aryl methyl sites for hydroxylation is 1. The number of aromatic nitrogens is 1. The van der Waals surface area contributed by atoms with Crippen LogP contribution >= 0.6 is 0 Å². The van der Waals surface area contributed by atoms with E-state index in [2.05, 4.69) is 4.98 Å². The minimum atomic E-state index is 0.448. The molecule has 0 aliphatic heterocycles. The monoisotopic (exact) mass is 199 g/mol. The summed E-state index contributed by atoms with van der Waals surface area (Å²) in [6.45, 7) is 2.05. The highest BCUT2D eigenvalue weighted by atomic mass is 14.9. The Morgan fingerprint density at radius 2 is 1.60 bits per heavy atom. The summed E-state index contributed by atoms with van der Waals surface area (Å²) < 4.78 is 0. The molecule has 0 saturated heterocycles. The number of rotatable bonds is 1. The van der Waals surface area contributed by atoms with Gasteiger partial charge in [0.1, 0.15) is 11.6 Å². The normalized spacial score (nSPS) is 10.2. The van der Waals surface area contributed by atoms with Gasteiger partial charge in [-0.15, -0.1) is 0 Å². The molecule has 0 bridgehead atoms. The first-order valence-electron chi connectivity index (χ1n) is 4.76. The lowest BCUT2D eigenvalue weighted by Crippen LogP contribution is -1.97. The number of nitrogens with two attached hydrogens (primary N) is 2. The zero-order chi connectivity index (χ0) is 10.8. The van der Waals surface area contributed by atoms with Crippen LogP contribution in [-0.2, 0) is 0 Å². The molecule has 0 atom stereocenters. The van der Waals surface area contributed by atoms with Crippen LogP contribution in [0.1, 0.15) is 5.56 Å². The molecule has 1 aromatic heterocycles. The number of anilines is 2. The lowest BCUT2D eigenvalue weighted by molar-refractivity contribution is 1.34. The summed E-state index contributed by atoms with van der Waals surface area (Å²) in [4.78, 5) is 4.03. The second-order valence-electron chi connectivity index (χ2n) is 3.53. The van der Waals surface area contributed by atoms with Crippen molar-refractivity contribution in [3.63, 3.8) is 0 Å². The fraction of sp³-hybridized carbons (Fsp3) is 0.0833. The van der Waals surface area contributed by atoms with Crippen molar-refractivity contribution in [2.75, 3.05) is 11.5 Å². The largest absolute Gasteiger partial charge is 0.384 e. The van der Waals surface area contributed by atoms with E-state index in [1.807, 2.05) is 37.3 Å². The van der Waals surface area contributed by atoms with Gasteiger partial charge in [0.15, 0.2) is 0 Å². The number of pyridine rings is 1. The summed E-state index contributed by atoms with van der Waals surface area (Å²) in [5, 5.41) is 0. The molecule has 0 saturated carbocycles. The van der Waals surface area contributed by atoms with Crippen molar-refractivity contribution < 1.29 is 0 Å². The highest BCUT2D eigenvalue weighted by Crippen LogP contribution is 2.25. The SMILES string of the molecule is Cc1ccc(-c2ccc(N)nc2N)cc1. The van der Waals surface area contributed by atoms with Crippen LogP contribution in [0.3, 0.4) is 0 Å². The van der Waals surface area contributed by atoms with E-state index in [9.17, 15) is 0 Å². The average molecular weight is 199 g/mol. The van der Waals surface area contributed by atoms with Gasteiger partial charge in [-0.3, -0.25) is 0 Å². The summed E-state index contributed by atoms with van der Waals surface area (Å²) in [5.41, 5.74) is 14.5. The molecule has 2 rings (SSSR count). The molecule has 1 heterocycles. The smallest absolute Gasteiger partial charge is 0.133 e. The van der Waals surface area contributed by atoms with Crippen LogP contribution in [0.15, 0.2) is 36.4 Å². The van der Waals surface area contributed by atoms with Crippen molar-refractivity contribution in [2.45, 2.75) is 6.92 Å². The summed E-state index contributed by atoms with van der Waals surface area (Å²) in [5.74, 6) is 0.919. The topological polar surface area (TPSA) is 64.9 Å². The van der Waals surface area contributed by atoms with Crippen molar-refractivity contribution in [1.29, 1.82) is 0 Å². The second kappa shape index (κ2) is 3.61. The van der Waals surface area contributed by atoms with Gasteiger partial charge in [-0.1, -0.05) is 29.8 Å². The fourth-order valence-electron chi connectivity index (χ4n) is 1.47. The number of hydrogen-bond acceptors (Lipinski definition) is 3. The summed E-state index contributed by atoms with van der Waals surface area (Å²) in [6, 6.07) is 11.8. The Kier molecular flexibility index (Phi) is 2.29. The molecular formula is C12H13N3. The van der Waals surface area contributed by atoms with Crippen molar-refractivity contribution in [2.24, 2.45) is 0 Å². The molecule has 3 nitrogen and oxygen atoms in total. The lowest BCUT2D eigenvalue weighted by Gasteiger charge is -2.05. The molecule has 0 radical (unpaired) electrons. The average Bonchev–Trinajstić information content (AvgIpc) is 2.20. The molecule has 2 aromatic rings. The maximum Gasteiger partial charge on any atom is 0.133 e. The van der Waals surface area contributed by atoms with Crippen LogP contribution in [0.2, 0.25) is 0 Å². The summed E-state index contributed by atoms with van der Waals surface area (Å²) >= 11 is 0. The second-order valence-corrected chi connectivity index (χ2v) is 3.53. The van der Waals surface area contributed by atoms with Crippen molar-refractivity contribution in [3.8, 4) is 11.1 Å². The van der Waals surface area contributed by atoms with E-state index >= 15 is 0 Å². The number of nitrogen functional groups attached to an aromatic ring is 2. The van der Waals surface area contributed by atoms with Crippen LogP contribution < -0.4 is 11.5 Å². The van der Waals surface area contributed by atoms with E-state index in [1.54, 1.807) is 6.07 Å². The molecule has 3 heteroatoms. The Bertz CT molecular complexity index is 475. The predicted molar refractivity (Wildman–Crippen MR) is 63.2 cm³/mol. The molecule has 0 aliphatic rings. The van der Waals surface area contributed by atoms with Crippen molar-refractivity contribution in [3.05, 3.63) is 42.0 Å². The third-order valence-corrected chi connectivity index (χ3v) is 2.31. The van der Waals surface area contributed by atoms with E-state index < -0.39 is 0 Å². The van der Waals surface area contributed by atoms with Gasteiger partial charge in [0.25, 0.3) is 0 Å². The highest BCUT2D eigenvalue weighted by molar-refractivity contribution is 5.74. The van der Waals surface area contributed by atoms with Crippen LogP contribution in [0.25, 0.3) is 11.1 Å². The molecule has 0 amide bonds. The van der Waals surface area contributed by atoms with Gasteiger partial charge in [-0.25, -0.2) is 4.98 Å². The Labute approximate surface area is 88.8 Å². The van der Waals surface area contributed by atoms with Gasteiger partial charge < -0.3 is 11.5 Å². The first kappa shape index (κ1) is 9.52. The Balaban J connectivity index is 2.49. The molecule has 1 aromatic carbocycles. The number of benzene rings is 1. The van der Waals surface area contributed by atoms with E-state index in [0.29, 0.717) is 11.6 Å². The lowest BCUT2D eigenvalue weighted by atomic mass is 10.1. The zero-order valence-electron chi connectivity index (χ0n) is 8.57. The molecule has 0 unspecified atom stereocenters. The van der Waals surface area contributed by atoms with E-state index in [4.69, 9.17) is 11.5 Å². The van der Waals surface area contributed by atoms with Crippen LogP contribution in [0.4, 0.5) is 11.6 Å². The van der Waals surface area contributed by atoms with Crippen molar-refractivity contribution in [1.82, 2.24) is 4.98 Å². The maximum absolute atomic E-state index is 5.80. The van der Waals surface area contributed by atoms with Crippen LogP contribution in [0, 0.1) is 6.92 Å². The van der Waals surface area contributed by atoms with Gasteiger partial charge in [-0.2, -0.15) is 0 Å². The van der Waals surface area contributed by atoms with Gasteiger partial charge in [-0.05, 0) is 24.6 Å². The first-order chi connectivity index (χ1) is 7.16. The van der Waals surface area contributed by atoms with Gasteiger partial charge in [0.2, 0.25) is 0 Å². The Morgan fingerprint density at radius 1 is 0.933 bits per heavy atom. The Hall–Kier alpha value is -2.03. The van der Waals surface area contributed by atoms with E-state index in [0.717, 1.165) is 11.1 Å². The third-order valence-electron chi connectivity index (χ3n) is 2.31.